The Morgan fingerprint density at radius 1 is 1.27 bits per heavy atom. The number of para-hydroxylation sites is 1. The van der Waals surface area contributed by atoms with Crippen LogP contribution < -0.4 is 20.2 Å². The van der Waals surface area contributed by atoms with E-state index in [2.05, 4.69) is 64.5 Å². The predicted molar refractivity (Wildman–Crippen MR) is 127 cm³/mol. The largest absolute Gasteiger partial charge is 0.370 e. The fourth-order valence-corrected chi connectivity index (χ4v) is 9.37. The van der Waals surface area contributed by atoms with Crippen molar-refractivity contribution in [2.24, 2.45) is 5.41 Å². The molecule has 3 aliphatic rings. The molecule has 2 fully saturated rings. The molecule has 1 aromatic heterocycles. The van der Waals surface area contributed by atoms with E-state index in [1.54, 1.807) is 11.3 Å². The van der Waals surface area contributed by atoms with Crippen LogP contribution in [0.4, 0.5) is 10.8 Å². The number of benzene rings is 1. The number of fused-ring (bicyclic) bond motifs is 1. The Hall–Kier alpha value is -1.70. The lowest BCUT2D eigenvalue weighted by molar-refractivity contribution is -0.871. The number of rotatable bonds is 4. The average molecular weight is 461 g/mol. The first-order valence-corrected chi connectivity index (χ1v) is 13.9. The molecule has 0 saturated carbocycles. The third kappa shape index (κ3) is 3.61. The zero-order valence-corrected chi connectivity index (χ0v) is 19.7. The summed E-state index contributed by atoms with van der Waals surface area (Å²) in [5.74, 6) is 0. The van der Waals surface area contributed by atoms with E-state index in [0.29, 0.717) is 0 Å². The van der Waals surface area contributed by atoms with E-state index in [1.165, 1.54) is 15.9 Å². The highest BCUT2D eigenvalue weighted by molar-refractivity contribution is 8.18. The first-order valence-electron chi connectivity index (χ1n) is 10.3. The van der Waals surface area contributed by atoms with Gasteiger partial charge in [0.25, 0.3) is 0 Å². The number of anilines is 2. The predicted octanol–water partition coefficient (Wildman–Crippen LogP) is 3.33. The third-order valence-electron chi connectivity index (χ3n) is 5.72. The van der Waals surface area contributed by atoms with E-state index < -0.39 is 6.34 Å². The van der Waals surface area contributed by atoms with Gasteiger partial charge in [-0.05, 0) is 29.4 Å². The number of hydrazine groups is 1. The van der Waals surface area contributed by atoms with Crippen molar-refractivity contribution in [3.05, 3.63) is 64.7 Å². The fourth-order valence-electron chi connectivity index (χ4n) is 4.45. The monoisotopic (exact) mass is 460 g/mol. The molecular weight excluding hydrogens is 433 g/mol. The van der Waals surface area contributed by atoms with Crippen LogP contribution in [0.1, 0.15) is 20.3 Å². The number of morpholine rings is 1. The van der Waals surface area contributed by atoms with Gasteiger partial charge in [0.15, 0.2) is 11.5 Å². The average Bonchev–Trinajstić information content (AvgIpc) is 3.34. The molecule has 0 radical (unpaired) electrons. The van der Waals surface area contributed by atoms with E-state index in [-0.39, 0.29) is 5.41 Å². The van der Waals surface area contributed by atoms with E-state index in [1.807, 2.05) is 17.6 Å². The van der Waals surface area contributed by atoms with Crippen LogP contribution in [0.5, 0.6) is 0 Å². The second kappa shape index (κ2) is 7.77. The summed E-state index contributed by atoms with van der Waals surface area (Å²) in [6.07, 6.45) is 2.79. The van der Waals surface area contributed by atoms with Gasteiger partial charge < -0.3 is 14.7 Å². The standard InChI is InChI=1S/C21H26N5OPS2/c1-21(2)14-17-19(18(15-21)25-9-11-27-12-10-25)28(29,24-20-22-8-13-30-20)26(23-17)16-6-4-3-5-7-16/h3-8,13-14,23H,9-12,15H2,1-2H3,(H,22,24,29)/p+1/t28-/m1/s1. The van der Waals surface area contributed by atoms with Gasteiger partial charge in [0, 0.05) is 18.0 Å². The molecule has 2 aliphatic heterocycles. The van der Waals surface area contributed by atoms with Crippen molar-refractivity contribution in [3.8, 4) is 0 Å². The Morgan fingerprint density at radius 2 is 2.03 bits per heavy atom. The minimum atomic E-state index is -2.40. The highest BCUT2D eigenvalue weighted by Crippen LogP contribution is 2.66. The fraction of sp³-hybridized carbons (Fsp3) is 0.381. The van der Waals surface area contributed by atoms with E-state index in [9.17, 15) is 0 Å². The number of quaternary nitrogens is 1. The molecule has 1 atom stereocenters. The second-order valence-electron chi connectivity index (χ2n) is 8.55. The summed E-state index contributed by atoms with van der Waals surface area (Å²) in [5, 5.41) is 7.83. The number of hydrogen-bond donors (Lipinski definition) is 3. The Kier molecular flexibility index (Phi) is 5.24. The van der Waals surface area contributed by atoms with Gasteiger partial charge in [0.1, 0.15) is 24.1 Å². The summed E-state index contributed by atoms with van der Waals surface area (Å²) in [4.78, 5) is 6.00. The van der Waals surface area contributed by atoms with Crippen molar-refractivity contribution in [2.45, 2.75) is 20.3 Å². The maximum atomic E-state index is 6.52. The molecule has 9 heteroatoms. The van der Waals surface area contributed by atoms with Crippen LogP contribution in [0.25, 0.3) is 0 Å². The molecule has 2 saturated heterocycles. The molecule has 6 nitrogen and oxygen atoms in total. The van der Waals surface area contributed by atoms with Crippen LogP contribution in [0.2, 0.25) is 0 Å². The van der Waals surface area contributed by atoms with Crippen molar-refractivity contribution in [1.82, 2.24) is 10.4 Å². The molecule has 0 amide bonds. The van der Waals surface area contributed by atoms with Gasteiger partial charge in [-0.1, -0.05) is 38.1 Å². The number of thiazole rings is 1. The van der Waals surface area contributed by atoms with Crippen molar-refractivity contribution in [3.63, 3.8) is 0 Å². The first kappa shape index (κ1) is 20.2. The van der Waals surface area contributed by atoms with Gasteiger partial charge in [-0.15, -0.1) is 11.3 Å². The minimum absolute atomic E-state index is 0.0700. The second-order valence-corrected chi connectivity index (χ2v) is 13.3. The van der Waals surface area contributed by atoms with Crippen LogP contribution in [0.15, 0.2) is 64.7 Å². The third-order valence-corrected chi connectivity index (χ3v) is 10.4. The number of aromatic nitrogens is 1. The molecule has 30 heavy (non-hydrogen) atoms. The van der Waals surface area contributed by atoms with Gasteiger partial charge in [-0.3, -0.25) is 5.43 Å². The lowest BCUT2D eigenvalue weighted by atomic mass is 9.82. The van der Waals surface area contributed by atoms with E-state index in [4.69, 9.17) is 16.5 Å². The lowest BCUT2D eigenvalue weighted by Gasteiger charge is -2.35. The summed E-state index contributed by atoms with van der Waals surface area (Å²) in [7, 11) is 0. The molecule has 5 rings (SSSR count). The maximum absolute atomic E-state index is 6.52. The van der Waals surface area contributed by atoms with Crippen molar-refractivity contribution in [2.75, 3.05) is 36.2 Å². The zero-order valence-electron chi connectivity index (χ0n) is 17.2. The summed E-state index contributed by atoms with van der Waals surface area (Å²) in [6.45, 7) is 8.18. The van der Waals surface area contributed by atoms with Gasteiger partial charge in [-0.2, -0.15) is 0 Å². The van der Waals surface area contributed by atoms with E-state index in [0.717, 1.165) is 49.2 Å². The molecule has 158 valence electrons. The number of allylic oxidation sites excluding steroid dienone is 3. The van der Waals surface area contributed by atoms with Crippen molar-refractivity contribution in [1.29, 1.82) is 0 Å². The Bertz CT molecular complexity index is 1030. The summed E-state index contributed by atoms with van der Waals surface area (Å²) >= 11 is 8.12. The maximum Gasteiger partial charge on any atom is 0.187 e. The van der Waals surface area contributed by atoms with Crippen LogP contribution in [0, 0.1) is 5.41 Å². The van der Waals surface area contributed by atoms with Crippen LogP contribution in [-0.4, -0.2) is 31.3 Å². The SMILES string of the molecule is CC1(C)C=C2NN(c3ccccc3)[P@](=S)(Nc3nccs3)C2=C([NH+]2CCOCC2)C1. The summed E-state index contributed by atoms with van der Waals surface area (Å²) in [6, 6.07) is 10.4. The smallest absolute Gasteiger partial charge is 0.187 e. The quantitative estimate of drug-likeness (QED) is 0.609. The zero-order chi connectivity index (χ0) is 20.8. The van der Waals surface area contributed by atoms with Crippen molar-refractivity contribution < 1.29 is 9.64 Å². The van der Waals surface area contributed by atoms with Gasteiger partial charge in [-0.25, -0.2) is 9.76 Å². The number of ether oxygens (including phenoxy) is 1. The molecule has 1 aliphatic carbocycles. The molecule has 0 unspecified atom stereocenters. The Labute approximate surface area is 186 Å². The first-order chi connectivity index (χ1) is 14.5. The molecule has 1 aromatic carbocycles. The number of hydrogen-bond acceptors (Lipinski definition) is 5. The van der Waals surface area contributed by atoms with Gasteiger partial charge in [0.2, 0.25) is 0 Å². The Morgan fingerprint density at radius 3 is 2.73 bits per heavy atom. The van der Waals surface area contributed by atoms with Crippen molar-refractivity contribution >= 4 is 40.3 Å². The molecule has 0 bridgehead atoms. The molecule has 0 spiro atoms. The molecule has 3 heterocycles. The molecular formula is C21H27N5OPS2+. The Balaban J connectivity index is 1.68. The summed E-state index contributed by atoms with van der Waals surface area (Å²) < 4.78 is 7.84. The topological polar surface area (TPSA) is 53.9 Å². The highest BCUT2D eigenvalue weighted by Gasteiger charge is 2.48. The normalized spacial score (nSPS) is 26.2. The van der Waals surface area contributed by atoms with Gasteiger partial charge in [0.05, 0.1) is 24.6 Å². The highest BCUT2D eigenvalue weighted by atomic mass is 32.4. The number of nitrogens with one attached hydrogen (secondary N) is 3. The minimum Gasteiger partial charge on any atom is -0.370 e. The molecule has 3 N–H and O–H groups in total. The molecule has 2 aromatic rings. The number of nitrogens with zero attached hydrogens (tertiary/aromatic N) is 2. The van der Waals surface area contributed by atoms with E-state index >= 15 is 0 Å². The lowest BCUT2D eigenvalue weighted by Crippen LogP contribution is -3.12. The van der Waals surface area contributed by atoms with Crippen LogP contribution >= 0.6 is 17.7 Å². The van der Waals surface area contributed by atoms with Gasteiger partial charge >= 0.3 is 0 Å². The van der Waals surface area contributed by atoms with Crippen LogP contribution in [-0.2, 0) is 16.5 Å². The summed E-state index contributed by atoms with van der Waals surface area (Å²) in [5.41, 5.74) is 7.41. The van der Waals surface area contributed by atoms with Crippen LogP contribution in [0.3, 0.4) is 0 Å².